The van der Waals surface area contributed by atoms with Crippen LogP contribution in [-0.4, -0.2) is 25.0 Å². The summed E-state index contributed by atoms with van der Waals surface area (Å²) in [6, 6.07) is 17.2. The Balaban J connectivity index is 2.24. The van der Waals surface area contributed by atoms with E-state index in [0.717, 1.165) is 5.56 Å². The molecule has 2 N–H and O–H groups in total. The van der Waals surface area contributed by atoms with Gasteiger partial charge in [-0.3, -0.25) is 14.9 Å². The molecule has 0 fully saturated rings. The highest BCUT2D eigenvalue weighted by molar-refractivity contribution is 5.98. The predicted molar refractivity (Wildman–Crippen MR) is 97.3 cm³/mol. The van der Waals surface area contributed by atoms with Gasteiger partial charge in [-0.2, -0.15) is 0 Å². The molecule has 0 aliphatic carbocycles. The summed E-state index contributed by atoms with van der Waals surface area (Å²) in [4.78, 5) is 36.6. The van der Waals surface area contributed by atoms with Gasteiger partial charge in [0.15, 0.2) is 0 Å². The maximum absolute atomic E-state index is 12.7. The summed E-state index contributed by atoms with van der Waals surface area (Å²) in [5.41, 5.74) is 1.31. The minimum absolute atomic E-state index is 0.491. The number of amides is 3. The Bertz CT molecular complexity index is 747. The molecule has 2 atom stereocenters. The molecule has 136 valence electrons. The maximum atomic E-state index is 12.7. The molecular formula is C20H22N2O4. The Morgan fingerprint density at radius 3 is 1.96 bits per heavy atom. The van der Waals surface area contributed by atoms with E-state index in [1.807, 2.05) is 37.3 Å². The van der Waals surface area contributed by atoms with Gasteiger partial charge in [-0.1, -0.05) is 67.6 Å². The molecule has 0 aromatic heterocycles. The molecule has 0 radical (unpaired) electrons. The van der Waals surface area contributed by atoms with Crippen LogP contribution in [0, 0.1) is 0 Å². The lowest BCUT2D eigenvalue weighted by Crippen LogP contribution is -2.41. The first-order valence-corrected chi connectivity index (χ1v) is 8.39. The third-order valence-electron chi connectivity index (χ3n) is 3.93. The van der Waals surface area contributed by atoms with E-state index in [1.54, 1.807) is 30.3 Å². The Morgan fingerprint density at radius 2 is 1.46 bits per heavy atom. The third-order valence-corrected chi connectivity index (χ3v) is 3.93. The van der Waals surface area contributed by atoms with E-state index in [1.165, 1.54) is 7.05 Å². The monoisotopic (exact) mass is 354 g/mol. The minimum atomic E-state index is -1.21. The van der Waals surface area contributed by atoms with Crippen molar-refractivity contribution < 1.29 is 19.1 Å². The molecule has 0 unspecified atom stereocenters. The van der Waals surface area contributed by atoms with Gasteiger partial charge in [-0.05, 0) is 12.0 Å². The topological polar surface area (TPSA) is 84.5 Å². The van der Waals surface area contributed by atoms with Gasteiger partial charge in [0, 0.05) is 12.6 Å². The van der Waals surface area contributed by atoms with Gasteiger partial charge >= 0.3 is 12.0 Å². The molecular weight excluding hydrogens is 332 g/mol. The van der Waals surface area contributed by atoms with Crippen molar-refractivity contribution in [2.45, 2.75) is 25.4 Å². The Morgan fingerprint density at radius 1 is 0.923 bits per heavy atom. The molecule has 6 nitrogen and oxygen atoms in total. The summed E-state index contributed by atoms with van der Waals surface area (Å²) < 4.78 is 5.52. The standard InChI is InChI=1S/C20H22N2O4/c1-3-16(14-10-6-4-7-11-14)19(24)26-17(15-12-8-5-9-13-15)18(23)22-20(25)21-2/h4-13,16-17H,3H2,1-2H3,(H2,21,22,23,25)/t16-,17-/m0/s1. The van der Waals surface area contributed by atoms with E-state index >= 15 is 0 Å². The van der Waals surface area contributed by atoms with Crippen molar-refractivity contribution in [1.29, 1.82) is 0 Å². The van der Waals surface area contributed by atoms with Crippen LogP contribution in [0.2, 0.25) is 0 Å². The SMILES string of the molecule is CC[C@H](C(=O)O[C@H](C(=O)NC(=O)NC)c1ccccc1)c1ccccc1. The Labute approximate surface area is 152 Å². The lowest BCUT2D eigenvalue weighted by atomic mass is 9.96. The molecule has 2 rings (SSSR count). The smallest absolute Gasteiger partial charge is 0.321 e. The first-order valence-electron chi connectivity index (χ1n) is 8.39. The number of esters is 1. The van der Waals surface area contributed by atoms with Crippen molar-refractivity contribution in [2.24, 2.45) is 0 Å². The lowest BCUT2D eigenvalue weighted by Gasteiger charge is -2.21. The van der Waals surface area contributed by atoms with Crippen LogP contribution in [0.4, 0.5) is 4.79 Å². The number of carbonyl (C=O) groups is 3. The van der Waals surface area contributed by atoms with E-state index in [9.17, 15) is 14.4 Å². The molecule has 0 heterocycles. The molecule has 2 aromatic carbocycles. The van der Waals surface area contributed by atoms with Gasteiger partial charge in [0.25, 0.3) is 5.91 Å². The number of ether oxygens (including phenoxy) is 1. The Kier molecular flexibility index (Phi) is 6.91. The lowest BCUT2D eigenvalue weighted by molar-refractivity contribution is -0.157. The first kappa shape index (κ1) is 19.2. The van der Waals surface area contributed by atoms with Crippen LogP contribution in [0.25, 0.3) is 0 Å². The predicted octanol–water partition coefficient (Wildman–Crippen LogP) is 2.92. The number of urea groups is 1. The number of carbonyl (C=O) groups excluding carboxylic acids is 3. The average Bonchev–Trinajstić information content (AvgIpc) is 2.68. The zero-order valence-corrected chi connectivity index (χ0v) is 14.8. The molecule has 3 amide bonds. The van der Waals surface area contributed by atoms with E-state index in [4.69, 9.17) is 4.74 Å². The van der Waals surface area contributed by atoms with Crippen molar-refractivity contribution in [3.63, 3.8) is 0 Å². The molecule has 0 aliphatic heterocycles. The van der Waals surface area contributed by atoms with Gasteiger partial charge in [0.2, 0.25) is 6.10 Å². The summed E-state index contributed by atoms with van der Waals surface area (Å²) in [6.45, 7) is 1.88. The number of rotatable bonds is 6. The van der Waals surface area contributed by atoms with Crippen LogP contribution in [-0.2, 0) is 14.3 Å². The van der Waals surface area contributed by atoms with Crippen molar-refractivity contribution in [3.05, 3.63) is 71.8 Å². The second kappa shape index (κ2) is 9.36. The normalized spacial score (nSPS) is 12.5. The highest BCUT2D eigenvalue weighted by atomic mass is 16.5. The van der Waals surface area contributed by atoms with E-state index in [2.05, 4.69) is 10.6 Å². The number of hydrogen-bond acceptors (Lipinski definition) is 4. The number of nitrogens with one attached hydrogen (secondary N) is 2. The molecule has 0 bridgehead atoms. The van der Waals surface area contributed by atoms with Crippen LogP contribution < -0.4 is 10.6 Å². The summed E-state index contributed by atoms with van der Waals surface area (Å²) in [5.74, 6) is -1.71. The molecule has 2 aromatic rings. The van der Waals surface area contributed by atoms with Crippen LogP contribution >= 0.6 is 0 Å². The summed E-state index contributed by atoms with van der Waals surface area (Å²) in [7, 11) is 1.40. The van der Waals surface area contributed by atoms with Crippen LogP contribution in [0.1, 0.15) is 36.5 Å². The molecule has 0 spiro atoms. The van der Waals surface area contributed by atoms with Crippen molar-refractivity contribution in [3.8, 4) is 0 Å². The summed E-state index contributed by atoms with van der Waals surface area (Å²) in [6.07, 6.45) is -0.680. The second-order valence-corrected chi connectivity index (χ2v) is 5.67. The number of benzene rings is 2. The molecule has 26 heavy (non-hydrogen) atoms. The zero-order chi connectivity index (χ0) is 18.9. The van der Waals surface area contributed by atoms with E-state index in [-0.39, 0.29) is 0 Å². The van der Waals surface area contributed by atoms with Crippen molar-refractivity contribution in [1.82, 2.24) is 10.6 Å². The zero-order valence-electron chi connectivity index (χ0n) is 14.8. The quantitative estimate of drug-likeness (QED) is 0.781. The van der Waals surface area contributed by atoms with Gasteiger partial charge in [0.05, 0.1) is 5.92 Å². The molecule has 6 heteroatoms. The van der Waals surface area contributed by atoms with Crippen LogP contribution in [0.15, 0.2) is 60.7 Å². The highest BCUT2D eigenvalue weighted by Gasteiger charge is 2.30. The summed E-state index contributed by atoms with van der Waals surface area (Å²) in [5, 5.41) is 4.47. The van der Waals surface area contributed by atoms with Crippen molar-refractivity contribution >= 4 is 17.9 Å². The molecule has 0 aliphatic rings. The fourth-order valence-corrected chi connectivity index (χ4v) is 2.56. The van der Waals surface area contributed by atoms with E-state index in [0.29, 0.717) is 12.0 Å². The second-order valence-electron chi connectivity index (χ2n) is 5.67. The largest absolute Gasteiger partial charge is 0.447 e. The fraction of sp³-hybridized carbons (Fsp3) is 0.250. The molecule has 0 saturated carbocycles. The van der Waals surface area contributed by atoms with Crippen LogP contribution in [0.5, 0.6) is 0 Å². The number of imide groups is 1. The summed E-state index contributed by atoms with van der Waals surface area (Å²) >= 11 is 0. The third kappa shape index (κ3) is 4.92. The molecule has 0 saturated heterocycles. The number of hydrogen-bond donors (Lipinski definition) is 2. The van der Waals surface area contributed by atoms with Crippen molar-refractivity contribution in [2.75, 3.05) is 7.05 Å². The fourth-order valence-electron chi connectivity index (χ4n) is 2.56. The van der Waals surface area contributed by atoms with Gasteiger partial charge in [0.1, 0.15) is 0 Å². The van der Waals surface area contributed by atoms with Gasteiger partial charge in [-0.15, -0.1) is 0 Å². The van der Waals surface area contributed by atoms with Crippen LogP contribution in [0.3, 0.4) is 0 Å². The highest BCUT2D eigenvalue weighted by Crippen LogP contribution is 2.25. The average molecular weight is 354 g/mol. The Hall–Kier alpha value is -3.15. The van der Waals surface area contributed by atoms with Gasteiger partial charge in [-0.25, -0.2) is 4.79 Å². The van der Waals surface area contributed by atoms with E-state index < -0.39 is 29.9 Å². The van der Waals surface area contributed by atoms with Gasteiger partial charge < -0.3 is 10.1 Å². The minimum Gasteiger partial charge on any atom is -0.447 e. The maximum Gasteiger partial charge on any atom is 0.321 e. The first-order chi connectivity index (χ1) is 12.6.